The van der Waals surface area contributed by atoms with Crippen LogP contribution in [0, 0.1) is 0 Å². The minimum Gasteiger partial charge on any atom is -0.444 e. The Morgan fingerprint density at radius 2 is 2.08 bits per heavy atom. The van der Waals surface area contributed by atoms with Crippen molar-refractivity contribution < 1.29 is 34.0 Å². The summed E-state index contributed by atoms with van der Waals surface area (Å²) in [6.07, 6.45) is -0.892. The van der Waals surface area contributed by atoms with Gasteiger partial charge in [-0.15, -0.1) is 0 Å². The molecular formula is C18H31NO7. The summed E-state index contributed by atoms with van der Waals surface area (Å²) in [4.78, 5) is 14.3. The molecule has 2 aliphatic rings. The molecule has 2 saturated heterocycles. The molecule has 0 aliphatic carbocycles. The van der Waals surface area contributed by atoms with Crippen LogP contribution in [-0.4, -0.2) is 77.4 Å². The Bertz CT molecular complexity index is 540. The van der Waals surface area contributed by atoms with E-state index in [-0.39, 0.29) is 13.2 Å². The third-order valence-electron chi connectivity index (χ3n) is 4.51. The zero-order chi connectivity index (χ0) is 19.7. The monoisotopic (exact) mass is 373 g/mol. The molecular weight excluding hydrogens is 342 g/mol. The van der Waals surface area contributed by atoms with Crippen molar-refractivity contribution in [1.82, 2.24) is 4.90 Å². The molecule has 2 rings (SSSR count). The van der Waals surface area contributed by atoms with Crippen molar-refractivity contribution in [3.63, 3.8) is 0 Å². The summed E-state index contributed by atoms with van der Waals surface area (Å²) in [5.74, 6) is 0. The lowest BCUT2D eigenvalue weighted by atomic mass is 9.93. The van der Waals surface area contributed by atoms with E-state index in [0.29, 0.717) is 12.0 Å². The number of ether oxygens (including phenoxy) is 4. The number of aliphatic hydroxyl groups excluding tert-OH is 2. The highest BCUT2D eigenvalue weighted by Crippen LogP contribution is 2.36. The summed E-state index contributed by atoms with van der Waals surface area (Å²) in [6, 6.07) is -0.410. The average Bonchev–Trinajstić information content (AvgIpc) is 2.83. The number of hydrogen-bond donors (Lipinski definition) is 2. The first-order chi connectivity index (χ1) is 12.0. The molecule has 150 valence electrons. The summed E-state index contributed by atoms with van der Waals surface area (Å²) in [5.41, 5.74) is -0.874. The summed E-state index contributed by atoms with van der Waals surface area (Å²) in [5, 5.41) is 19.5. The number of carbonyl (C=O) groups excluding carboxylic acids is 1. The van der Waals surface area contributed by atoms with Gasteiger partial charge >= 0.3 is 6.09 Å². The number of methoxy groups -OCH3 is 1. The number of hydrogen-bond acceptors (Lipinski definition) is 7. The molecule has 2 fully saturated rings. The normalized spacial score (nSPS) is 33.5. The van der Waals surface area contributed by atoms with Crippen LogP contribution in [0.25, 0.3) is 0 Å². The van der Waals surface area contributed by atoms with Gasteiger partial charge in [0.1, 0.15) is 17.4 Å². The molecule has 1 amide bonds. The molecule has 2 heterocycles. The molecule has 0 unspecified atom stereocenters. The first-order valence-corrected chi connectivity index (χ1v) is 8.82. The fourth-order valence-corrected chi connectivity index (χ4v) is 3.33. The van der Waals surface area contributed by atoms with E-state index in [9.17, 15) is 15.0 Å². The first kappa shape index (κ1) is 21.1. The minimum absolute atomic E-state index is 0.196. The van der Waals surface area contributed by atoms with Crippen molar-refractivity contribution in [2.75, 3.05) is 20.3 Å². The van der Waals surface area contributed by atoms with Crippen molar-refractivity contribution >= 4 is 6.09 Å². The Labute approximate surface area is 154 Å². The van der Waals surface area contributed by atoms with Crippen LogP contribution >= 0.6 is 0 Å². The number of amides is 1. The molecule has 8 nitrogen and oxygen atoms in total. The fourth-order valence-electron chi connectivity index (χ4n) is 3.33. The van der Waals surface area contributed by atoms with E-state index >= 15 is 0 Å². The minimum atomic E-state index is -0.964. The second kappa shape index (κ2) is 7.82. The van der Waals surface area contributed by atoms with Gasteiger partial charge in [0.2, 0.25) is 0 Å². The highest BCUT2D eigenvalue weighted by molar-refractivity contribution is 5.70. The van der Waals surface area contributed by atoms with E-state index in [2.05, 4.69) is 0 Å². The van der Waals surface area contributed by atoms with E-state index in [1.54, 1.807) is 45.6 Å². The van der Waals surface area contributed by atoms with Gasteiger partial charge in [-0.2, -0.15) is 0 Å². The lowest BCUT2D eigenvalue weighted by molar-refractivity contribution is -0.221. The van der Waals surface area contributed by atoms with Gasteiger partial charge in [0.05, 0.1) is 25.4 Å². The zero-order valence-corrected chi connectivity index (χ0v) is 16.4. The van der Waals surface area contributed by atoms with Gasteiger partial charge < -0.3 is 29.2 Å². The Morgan fingerprint density at radius 3 is 2.62 bits per heavy atom. The molecule has 0 aromatic carbocycles. The quantitative estimate of drug-likeness (QED) is 0.722. The number of rotatable bonds is 3. The smallest absolute Gasteiger partial charge is 0.412 e. The maximum atomic E-state index is 12.8. The van der Waals surface area contributed by atoms with Gasteiger partial charge in [0, 0.05) is 7.11 Å². The van der Waals surface area contributed by atoms with Crippen molar-refractivity contribution in [1.29, 1.82) is 0 Å². The van der Waals surface area contributed by atoms with Crippen LogP contribution in [-0.2, 0) is 18.9 Å². The third-order valence-corrected chi connectivity index (χ3v) is 4.51. The summed E-state index contributed by atoms with van der Waals surface area (Å²) in [7, 11) is 1.44. The number of aliphatic hydroxyl groups is 2. The maximum absolute atomic E-state index is 12.8. The predicted molar refractivity (Wildman–Crippen MR) is 93.4 cm³/mol. The van der Waals surface area contributed by atoms with Crippen LogP contribution in [0.4, 0.5) is 4.79 Å². The molecule has 0 aromatic rings. The van der Waals surface area contributed by atoms with E-state index in [4.69, 9.17) is 18.9 Å². The molecule has 0 aromatic heterocycles. The van der Waals surface area contributed by atoms with E-state index in [1.165, 1.54) is 7.11 Å². The highest BCUT2D eigenvalue weighted by atomic mass is 16.7. The topological polar surface area (TPSA) is 97.7 Å². The largest absolute Gasteiger partial charge is 0.444 e. The van der Waals surface area contributed by atoms with Crippen LogP contribution in [0.2, 0.25) is 0 Å². The standard InChI is InChI=1S/C18H31NO7/c1-17(2,3)26-16(22)19-12(10-24-18(19,4)5)13-9-11(7-8-20)14(21)15(23-6)25-13/h7,12-15,20-21H,8-10H2,1-6H3/b11-7+/t12-,13+,14-,15+/m1/s1. The van der Waals surface area contributed by atoms with Gasteiger partial charge in [0.15, 0.2) is 6.29 Å². The van der Waals surface area contributed by atoms with E-state index < -0.39 is 42.0 Å². The molecule has 0 bridgehead atoms. The Balaban J connectivity index is 2.26. The predicted octanol–water partition coefficient (Wildman–Crippen LogP) is 1.40. The van der Waals surface area contributed by atoms with Crippen molar-refractivity contribution in [2.24, 2.45) is 0 Å². The average molecular weight is 373 g/mol. The van der Waals surface area contributed by atoms with Crippen LogP contribution in [0.5, 0.6) is 0 Å². The van der Waals surface area contributed by atoms with Crippen molar-refractivity contribution in [3.05, 3.63) is 11.6 Å². The second-order valence-electron chi connectivity index (χ2n) is 8.06. The summed E-state index contributed by atoms with van der Waals surface area (Å²) < 4.78 is 22.5. The van der Waals surface area contributed by atoms with Crippen LogP contribution in [0.1, 0.15) is 41.0 Å². The van der Waals surface area contributed by atoms with Crippen molar-refractivity contribution in [2.45, 2.75) is 76.9 Å². The molecule has 2 aliphatic heterocycles. The number of carbonyl (C=O) groups is 1. The van der Waals surface area contributed by atoms with E-state index in [1.807, 2.05) is 0 Å². The lowest BCUT2D eigenvalue weighted by Crippen LogP contribution is -2.56. The summed E-state index contributed by atoms with van der Waals surface area (Å²) >= 11 is 0. The lowest BCUT2D eigenvalue weighted by Gasteiger charge is -2.41. The molecule has 0 radical (unpaired) electrons. The molecule has 0 saturated carbocycles. The van der Waals surface area contributed by atoms with Gasteiger partial charge in [-0.05, 0) is 46.6 Å². The summed E-state index contributed by atoms with van der Waals surface area (Å²) in [6.45, 7) is 9.09. The molecule has 4 atom stereocenters. The fraction of sp³-hybridized carbons (Fsp3) is 0.833. The van der Waals surface area contributed by atoms with Gasteiger partial charge in [-0.3, -0.25) is 4.90 Å². The molecule has 8 heteroatoms. The van der Waals surface area contributed by atoms with Gasteiger partial charge in [-0.1, -0.05) is 6.08 Å². The second-order valence-corrected chi connectivity index (χ2v) is 8.06. The first-order valence-electron chi connectivity index (χ1n) is 8.82. The van der Waals surface area contributed by atoms with Crippen LogP contribution < -0.4 is 0 Å². The Hall–Kier alpha value is -1.19. The number of nitrogens with zero attached hydrogens (tertiary/aromatic N) is 1. The third kappa shape index (κ3) is 4.55. The Kier molecular flexibility index (Phi) is 6.35. The SMILES string of the molecule is CO[C@H]1O[C@H]([C@H]2COC(C)(C)N2C(=O)OC(C)(C)C)C/C(=C\CO)[C@H]1O. The molecule has 26 heavy (non-hydrogen) atoms. The Morgan fingerprint density at radius 1 is 1.42 bits per heavy atom. The van der Waals surface area contributed by atoms with Gasteiger partial charge in [-0.25, -0.2) is 4.79 Å². The highest BCUT2D eigenvalue weighted by Gasteiger charge is 2.51. The maximum Gasteiger partial charge on any atom is 0.412 e. The van der Waals surface area contributed by atoms with Crippen LogP contribution in [0.15, 0.2) is 11.6 Å². The van der Waals surface area contributed by atoms with Crippen LogP contribution in [0.3, 0.4) is 0 Å². The molecule has 2 N–H and O–H groups in total. The van der Waals surface area contributed by atoms with Gasteiger partial charge in [0.25, 0.3) is 0 Å². The molecule has 0 spiro atoms. The van der Waals surface area contributed by atoms with E-state index in [0.717, 1.165) is 0 Å². The van der Waals surface area contributed by atoms with Crippen molar-refractivity contribution in [3.8, 4) is 0 Å². The zero-order valence-electron chi connectivity index (χ0n) is 16.4.